The Balaban J connectivity index is 1.65. The van der Waals surface area contributed by atoms with Crippen molar-refractivity contribution < 1.29 is 0 Å². The lowest BCUT2D eigenvalue weighted by molar-refractivity contribution is 0.0889. The van der Waals surface area contributed by atoms with Crippen molar-refractivity contribution in [2.75, 3.05) is 13.1 Å². The number of likely N-dealkylation sites (tertiary alicyclic amines) is 1. The Morgan fingerprint density at radius 2 is 1.95 bits per heavy atom. The second-order valence-corrected chi connectivity index (χ2v) is 7.06. The summed E-state index contributed by atoms with van der Waals surface area (Å²) in [5, 5.41) is 4.44. The normalized spacial score (nSPS) is 24.9. The molecule has 1 unspecified atom stereocenters. The topological polar surface area (TPSA) is 29.3 Å². The zero-order chi connectivity index (χ0) is 13.1. The van der Waals surface area contributed by atoms with E-state index < -0.39 is 0 Å². The van der Waals surface area contributed by atoms with E-state index in [-0.39, 0.29) is 0 Å². The van der Waals surface area contributed by atoms with E-state index in [1.807, 2.05) is 0 Å². The number of thiophene rings is 1. The van der Waals surface area contributed by atoms with Gasteiger partial charge in [-0.15, -0.1) is 0 Å². The molecule has 2 fully saturated rings. The first-order valence-corrected chi connectivity index (χ1v) is 8.77. The summed E-state index contributed by atoms with van der Waals surface area (Å²) in [5.41, 5.74) is 8.48. The largest absolute Gasteiger partial charge is 0.326 e. The van der Waals surface area contributed by atoms with Gasteiger partial charge in [-0.3, -0.25) is 4.90 Å². The van der Waals surface area contributed by atoms with E-state index >= 15 is 0 Å². The summed E-state index contributed by atoms with van der Waals surface area (Å²) in [6.45, 7) is 2.57. The van der Waals surface area contributed by atoms with Gasteiger partial charge in [-0.05, 0) is 74.0 Å². The molecule has 0 aromatic carbocycles. The van der Waals surface area contributed by atoms with Gasteiger partial charge in [0.25, 0.3) is 0 Å². The van der Waals surface area contributed by atoms with Gasteiger partial charge in [0.15, 0.2) is 0 Å². The highest BCUT2D eigenvalue weighted by Gasteiger charge is 2.44. The fourth-order valence-corrected chi connectivity index (χ4v) is 4.80. The molecular weight excluding hydrogens is 252 g/mol. The van der Waals surface area contributed by atoms with Gasteiger partial charge in [0.2, 0.25) is 0 Å². The predicted molar refractivity (Wildman–Crippen MR) is 82.6 cm³/mol. The van der Waals surface area contributed by atoms with Gasteiger partial charge in [0.1, 0.15) is 0 Å². The number of nitrogens with two attached hydrogens (primary N) is 1. The van der Waals surface area contributed by atoms with Gasteiger partial charge >= 0.3 is 0 Å². The maximum absolute atomic E-state index is 6.67. The van der Waals surface area contributed by atoms with Crippen LogP contribution in [0.4, 0.5) is 0 Å². The molecule has 2 N–H and O–H groups in total. The number of rotatable bonds is 5. The van der Waals surface area contributed by atoms with Crippen molar-refractivity contribution in [3.8, 4) is 0 Å². The molecule has 1 aliphatic heterocycles. The zero-order valence-electron chi connectivity index (χ0n) is 11.8. The molecule has 0 amide bonds. The molecule has 2 aliphatic rings. The number of aryl methyl sites for hydroxylation is 1. The quantitative estimate of drug-likeness (QED) is 0.894. The third-order valence-electron chi connectivity index (χ3n) is 5.22. The highest BCUT2D eigenvalue weighted by molar-refractivity contribution is 7.07. The molecule has 106 valence electrons. The molecule has 1 saturated carbocycles. The van der Waals surface area contributed by atoms with Crippen LogP contribution in [0.1, 0.15) is 50.5 Å². The molecule has 0 spiro atoms. The first-order chi connectivity index (χ1) is 9.31. The van der Waals surface area contributed by atoms with Crippen molar-refractivity contribution >= 4 is 11.3 Å². The first kappa shape index (κ1) is 13.6. The third kappa shape index (κ3) is 2.74. The molecule has 0 radical (unpaired) electrons. The smallest absolute Gasteiger partial charge is 0.0360 e. The molecule has 3 heteroatoms. The van der Waals surface area contributed by atoms with Gasteiger partial charge in [-0.1, -0.05) is 12.8 Å². The average molecular weight is 278 g/mol. The molecule has 1 aromatic rings. The highest BCUT2D eigenvalue weighted by Crippen LogP contribution is 2.40. The fourth-order valence-electron chi connectivity index (χ4n) is 4.10. The molecule has 19 heavy (non-hydrogen) atoms. The molecule has 1 atom stereocenters. The molecule has 0 bridgehead atoms. The summed E-state index contributed by atoms with van der Waals surface area (Å²) in [4.78, 5) is 2.73. The minimum atomic E-state index is 0.340. The molecule has 1 aliphatic carbocycles. The molecular formula is C16H26N2S. The van der Waals surface area contributed by atoms with E-state index in [2.05, 4.69) is 21.7 Å². The van der Waals surface area contributed by atoms with E-state index in [9.17, 15) is 0 Å². The number of nitrogens with zero attached hydrogens (tertiary/aromatic N) is 1. The second-order valence-electron chi connectivity index (χ2n) is 6.28. The maximum Gasteiger partial charge on any atom is 0.0360 e. The minimum Gasteiger partial charge on any atom is -0.326 e. The van der Waals surface area contributed by atoms with Crippen molar-refractivity contribution in [1.82, 2.24) is 4.90 Å². The molecule has 3 rings (SSSR count). The molecule has 2 nitrogen and oxygen atoms in total. The highest BCUT2D eigenvalue weighted by atomic mass is 32.1. The van der Waals surface area contributed by atoms with Gasteiger partial charge < -0.3 is 5.73 Å². The summed E-state index contributed by atoms with van der Waals surface area (Å²) in [7, 11) is 0. The van der Waals surface area contributed by atoms with Crippen LogP contribution in [0.5, 0.6) is 0 Å². The van der Waals surface area contributed by atoms with E-state index in [0.29, 0.717) is 11.6 Å². The van der Waals surface area contributed by atoms with Crippen LogP contribution in [0.2, 0.25) is 0 Å². The fraction of sp³-hybridized carbons (Fsp3) is 0.750. The molecule has 1 aromatic heterocycles. The Morgan fingerprint density at radius 1 is 1.21 bits per heavy atom. The summed E-state index contributed by atoms with van der Waals surface area (Å²) in [6, 6.07) is 2.60. The van der Waals surface area contributed by atoms with Crippen molar-refractivity contribution in [3.05, 3.63) is 22.4 Å². The lowest BCUT2D eigenvalue weighted by Gasteiger charge is -2.43. The number of hydrogen-bond acceptors (Lipinski definition) is 3. The zero-order valence-corrected chi connectivity index (χ0v) is 12.6. The average Bonchev–Trinajstić information content (AvgIpc) is 3.15. The van der Waals surface area contributed by atoms with Crippen LogP contribution in [0.15, 0.2) is 16.8 Å². The van der Waals surface area contributed by atoms with Crippen LogP contribution in [0.3, 0.4) is 0 Å². The van der Waals surface area contributed by atoms with Crippen LogP contribution in [0.25, 0.3) is 0 Å². The summed E-state index contributed by atoms with van der Waals surface area (Å²) in [5.74, 6) is 0. The summed E-state index contributed by atoms with van der Waals surface area (Å²) in [6.07, 6.45) is 10.5. The lowest BCUT2D eigenvalue weighted by Crippen LogP contribution is -2.57. The van der Waals surface area contributed by atoms with Crippen molar-refractivity contribution in [3.63, 3.8) is 0 Å². The summed E-state index contributed by atoms with van der Waals surface area (Å²) >= 11 is 1.80. The Bertz CT molecular complexity index is 375. The molecule has 1 saturated heterocycles. The van der Waals surface area contributed by atoms with Gasteiger partial charge in [-0.25, -0.2) is 0 Å². The Hall–Kier alpha value is -0.380. The Morgan fingerprint density at radius 3 is 2.58 bits per heavy atom. The van der Waals surface area contributed by atoms with E-state index in [4.69, 9.17) is 5.73 Å². The monoisotopic (exact) mass is 278 g/mol. The van der Waals surface area contributed by atoms with Crippen LogP contribution in [0, 0.1) is 0 Å². The third-order valence-corrected chi connectivity index (χ3v) is 5.95. The second kappa shape index (κ2) is 5.94. The van der Waals surface area contributed by atoms with E-state index in [0.717, 1.165) is 12.8 Å². The van der Waals surface area contributed by atoms with Crippen molar-refractivity contribution in [2.45, 2.75) is 62.9 Å². The lowest BCUT2D eigenvalue weighted by atomic mass is 9.83. The SMILES string of the molecule is NC(CCc1ccsc1)C1(N2CCCC2)CCCC1. The van der Waals surface area contributed by atoms with E-state index in [1.54, 1.807) is 11.3 Å². The number of hydrogen-bond donors (Lipinski definition) is 1. The van der Waals surface area contributed by atoms with E-state index in [1.165, 1.54) is 57.2 Å². The standard InChI is InChI=1S/C16H26N2S/c17-15(6-5-14-7-12-19-13-14)16(8-1-2-9-16)18-10-3-4-11-18/h7,12-13,15H,1-6,8-11,17H2. The van der Waals surface area contributed by atoms with Crippen molar-refractivity contribution in [1.29, 1.82) is 0 Å². The summed E-state index contributed by atoms with van der Waals surface area (Å²) < 4.78 is 0. The Kier molecular flexibility index (Phi) is 4.25. The first-order valence-electron chi connectivity index (χ1n) is 7.83. The predicted octanol–water partition coefficient (Wildman–Crippen LogP) is 3.42. The van der Waals surface area contributed by atoms with Crippen LogP contribution < -0.4 is 5.73 Å². The minimum absolute atomic E-state index is 0.340. The van der Waals surface area contributed by atoms with Crippen LogP contribution >= 0.6 is 11.3 Å². The van der Waals surface area contributed by atoms with Crippen LogP contribution in [-0.4, -0.2) is 29.6 Å². The van der Waals surface area contributed by atoms with Gasteiger partial charge in [0, 0.05) is 11.6 Å². The van der Waals surface area contributed by atoms with Crippen molar-refractivity contribution in [2.24, 2.45) is 5.73 Å². The van der Waals surface area contributed by atoms with Crippen LogP contribution in [-0.2, 0) is 6.42 Å². The molecule has 2 heterocycles. The Labute approximate surface area is 121 Å². The maximum atomic E-state index is 6.67. The van der Waals surface area contributed by atoms with Gasteiger partial charge in [-0.2, -0.15) is 11.3 Å². The van der Waals surface area contributed by atoms with Gasteiger partial charge in [0.05, 0.1) is 0 Å².